The molecule has 16 heavy (non-hydrogen) atoms. The summed E-state index contributed by atoms with van der Waals surface area (Å²) in [5.74, 6) is -1.87. The molecular formula is C12H14FNO2. The summed E-state index contributed by atoms with van der Waals surface area (Å²) < 4.78 is 13.4. The number of rotatable bonds is 2. The van der Waals surface area contributed by atoms with Crippen molar-refractivity contribution < 1.29 is 14.3 Å². The second kappa shape index (κ2) is 4.22. The number of benzene rings is 1. The maximum absolute atomic E-state index is 13.4. The van der Waals surface area contributed by atoms with Gasteiger partial charge in [-0.05, 0) is 49.6 Å². The van der Waals surface area contributed by atoms with Crippen LogP contribution in [0.4, 0.5) is 4.39 Å². The topological polar surface area (TPSA) is 49.3 Å². The summed E-state index contributed by atoms with van der Waals surface area (Å²) in [5, 5.41) is 12.1. The molecule has 0 aromatic heterocycles. The van der Waals surface area contributed by atoms with Gasteiger partial charge in [-0.2, -0.15) is 0 Å². The molecule has 1 fully saturated rings. The van der Waals surface area contributed by atoms with E-state index in [9.17, 15) is 9.18 Å². The van der Waals surface area contributed by atoms with Gasteiger partial charge in [0.25, 0.3) is 0 Å². The third kappa shape index (κ3) is 1.93. The number of nitrogens with one attached hydrogen (secondary N) is 1. The molecule has 0 radical (unpaired) electrons. The molecular weight excluding hydrogens is 209 g/mol. The molecule has 1 saturated heterocycles. The lowest BCUT2D eigenvalue weighted by molar-refractivity contribution is 0.0691. The van der Waals surface area contributed by atoms with Crippen molar-refractivity contribution in [2.24, 2.45) is 0 Å². The van der Waals surface area contributed by atoms with Crippen molar-refractivity contribution in [1.82, 2.24) is 5.32 Å². The van der Waals surface area contributed by atoms with E-state index < -0.39 is 11.8 Å². The second-order valence-corrected chi connectivity index (χ2v) is 4.14. The number of halogens is 1. The van der Waals surface area contributed by atoms with Gasteiger partial charge >= 0.3 is 5.97 Å². The van der Waals surface area contributed by atoms with Crippen LogP contribution in [0.1, 0.15) is 40.4 Å². The zero-order valence-corrected chi connectivity index (χ0v) is 9.09. The zero-order chi connectivity index (χ0) is 11.7. The van der Waals surface area contributed by atoms with E-state index in [-0.39, 0.29) is 11.6 Å². The van der Waals surface area contributed by atoms with Crippen LogP contribution >= 0.6 is 0 Å². The Labute approximate surface area is 93.3 Å². The van der Waals surface area contributed by atoms with Crippen LogP contribution in [0.5, 0.6) is 0 Å². The Morgan fingerprint density at radius 3 is 2.88 bits per heavy atom. The third-order valence-corrected chi connectivity index (χ3v) is 3.02. The molecule has 1 unspecified atom stereocenters. The lowest BCUT2D eigenvalue weighted by Crippen LogP contribution is -2.15. The summed E-state index contributed by atoms with van der Waals surface area (Å²) in [6.45, 7) is 2.74. The molecule has 3 nitrogen and oxygen atoms in total. The fourth-order valence-corrected chi connectivity index (χ4v) is 2.18. The number of carboxylic acids is 1. The van der Waals surface area contributed by atoms with Crippen molar-refractivity contribution >= 4 is 5.97 Å². The van der Waals surface area contributed by atoms with Gasteiger partial charge in [0, 0.05) is 6.04 Å². The first-order valence-corrected chi connectivity index (χ1v) is 5.36. The first-order valence-electron chi connectivity index (χ1n) is 5.36. The summed E-state index contributed by atoms with van der Waals surface area (Å²) in [5.41, 5.74) is 1.47. The minimum atomic E-state index is -1.21. The number of carboxylic acid groups (broad SMARTS) is 1. The predicted octanol–water partition coefficient (Wildman–Crippen LogP) is 2.26. The minimum absolute atomic E-state index is 0.165. The van der Waals surface area contributed by atoms with E-state index in [0.29, 0.717) is 0 Å². The lowest BCUT2D eigenvalue weighted by atomic mass is 9.97. The normalized spacial score (nSPS) is 20.0. The van der Waals surface area contributed by atoms with E-state index in [4.69, 9.17) is 5.11 Å². The van der Waals surface area contributed by atoms with Crippen LogP contribution in [0, 0.1) is 12.7 Å². The molecule has 86 valence electrons. The van der Waals surface area contributed by atoms with Gasteiger partial charge in [-0.1, -0.05) is 0 Å². The first kappa shape index (κ1) is 11.1. The summed E-state index contributed by atoms with van der Waals surface area (Å²) in [7, 11) is 0. The first-order chi connectivity index (χ1) is 7.59. The summed E-state index contributed by atoms with van der Waals surface area (Å²) in [6.07, 6.45) is 2.05. The van der Waals surface area contributed by atoms with Crippen LogP contribution in [0.3, 0.4) is 0 Å². The van der Waals surface area contributed by atoms with Crippen molar-refractivity contribution in [2.45, 2.75) is 25.8 Å². The number of aromatic carboxylic acids is 1. The maximum Gasteiger partial charge on any atom is 0.338 e. The highest BCUT2D eigenvalue weighted by Gasteiger charge is 2.21. The molecule has 0 spiro atoms. The SMILES string of the molecule is Cc1cc(F)c(C(=O)O)cc1C1CCCN1. The third-order valence-electron chi connectivity index (χ3n) is 3.02. The Kier molecular flexibility index (Phi) is 2.92. The van der Waals surface area contributed by atoms with Gasteiger partial charge in [-0.3, -0.25) is 0 Å². The van der Waals surface area contributed by atoms with Gasteiger partial charge in [0.1, 0.15) is 5.82 Å². The number of hydrogen-bond acceptors (Lipinski definition) is 2. The van der Waals surface area contributed by atoms with Crippen LogP contribution < -0.4 is 5.32 Å². The van der Waals surface area contributed by atoms with E-state index in [2.05, 4.69) is 5.32 Å². The largest absolute Gasteiger partial charge is 0.478 e. The van der Waals surface area contributed by atoms with Crippen molar-refractivity contribution in [3.8, 4) is 0 Å². The molecule has 0 saturated carbocycles. The molecule has 4 heteroatoms. The molecule has 0 bridgehead atoms. The van der Waals surface area contributed by atoms with E-state index in [1.54, 1.807) is 0 Å². The number of aryl methyl sites for hydroxylation is 1. The molecule has 2 rings (SSSR count). The van der Waals surface area contributed by atoms with Gasteiger partial charge in [0.15, 0.2) is 0 Å². The molecule has 1 aliphatic rings. The Bertz CT molecular complexity index is 425. The fourth-order valence-electron chi connectivity index (χ4n) is 2.18. The van der Waals surface area contributed by atoms with Crippen LogP contribution in [0.2, 0.25) is 0 Å². The van der Waals surface area contributed by atoms with Crippen LogP contribution in [-0.4, -0.2) is 17.6 Å². The highest BCUT2D eigenvalue weighted by atomic mass is 19.1. The number of hydrogen-bond donors (Lipinski definition) is 2. The summed E-state index contributed by atoms with van der Waals surface area (Å²) >= 11 is 0. The maximum atomic E-state index is 13.4. The van der Waals surface area contributed by atoms with Crippen LogP contribution in [-0.2, 0) is 0 Å². The molecule has 1 aliphatic heterocycles. The van der Waals surface area contributed by atoms with Gasteiger partial charge in [0.05, 0.1) is 5.56 Å². The van der Waals surface area contributed by atoms with E-state index in [1.165, 1.54) is 12.1 Å². The molecule has 1 aromatic carbocycles. The molecule has 1 heterocycles. The molecule has 1 atom stereocenters. The van der Waals surface area contributed by atoms with E-state index in [1.807, 2.05) is 6.92 Å². The molecule has 1 aromatic rings. The average molecular weight is 223 g/mol. The standard InChI is InChI=1S/C12H14FNO2/c1-7-5-10(13)9(12(15)16)6-8(7)11-3-2-4-14-11/h5-6,11,14H,2-4H2,1H3,(H,15,16). The van der Waals surface area contributed by atoms with Gasteiger partial charge < -0.3 is 10.4 Å². The lowest BCUT2D eigenvalue weighted by Gasteiger charge is -2.15. The van der Waals surface area contributed by atoms with Crippen molar-refractivity contribution in [1.29, 1.82) is 0 Å². The van der Waals surface area contributed by atoms with Crippen molar-refractivity contribution in [3.63, 3.8) is 0 Å². The smallest absolute Gasteiger partial charge is 0.338 e. The molecule has 2 N–H and O–H groups in total. The quantitative estimate of drug-likeness (QED) is 0.808. The Hall–Kier alpha value is -1.42. The Morgan fingerprint density at radius 1 is 1.56 bits per heavy atom. The molecule has 0 amide bonds. The van der Waals surface area contributed by atoms with Crippen molar-refractivity contribution in [2.75, 3.05) is 6.54 Å². The van der Waals surface area contributed by atoms with E-state index >= 15 is 0 Å². The highest BCUT2D eigenvalue weighted by molar-refractivity contribution is 5.88. The number of carbonyl (C=O) groups is 1. The average Bonchev–Trinajstić information content (AvgIpc) is 2.70. The highest BCUT2D eigenvalue weighted by Crippen LogP contribution is 2.27. The monoisotopic (exact) mass is 223 g/mol. The minimum Gasteiger partial charge on any atom is -0.478 e. The fraction of sp³-hybridized carbons (Fsp3) is 0.417. The molecule has 0 aliphatic carbocycles. The zero-order valence-electron chi connectivity index (χ0n) is 9.09. The summed E-state index contributed by atoms with van der Waals surface area (Å²) in [4.78, 5) is 10.8. The Balaban J connectivity index is 2.44. The van der Waals surface area contributed by atoms with Gasteiger partial charge in [-0.25, -0.2) is 9.18 Å². The van der Waals surface area contributed by atoms with Crippen LogP contribution in [0.25, 0.3) is 0 Å². The van der Waals surface area contributed by atoms with E-state index in [0.717, 1.165) is 30.5 Å². The Morgan fingerprint density at radius 2 is 2.31 bits per heavy atom. The van der Waals surface area contributed by atoms with Crippen molar-refractivity contribution in [3.05, 3.63) is 34.6 Å². The summed E-state index contributed by atoms with van der Waals surface area (Å²) in [6, 6.07) is 2.92. The predicted molar refractivity (Wildman–Crippen MR) is 58.1 cm³/mol. The van der Waals surface area contributed by atoms with Gasteiger partial charge in [-0.15, -0.1) is 0 Å². The second-order valence-electron chi connectivity index (χ2n) is 4.14. The van der Waals surface area contributed by atoms with Crippen LogP contribution in [0.15, 0.2) is 12.1 Å². The van der Waals surface area contributed by atoms with Gasteiger partial charge in [0.2, 0.25) is 0 Å².